The molecule has 2 aromatic carbocycles. The first kappa shape index (κ1) is 20.8. The monoisotopic (exact) mass is 451 g/mol. The van der Waals surface area contributed by atoms with Crippen LogP contribution in [0.5, 0.6) is 5.75 Å². The molecule has 1 aromatic heterocycles. The lowest BCUT2D eigenvalue weighted by atomic mass is 9.97. The van der Waals surface area contributed by atoms with Crippen molar-refractivity contribution in [2.24, 2.45) is 0 Å². The standard InChI is InChI=1S/C20H19ClFN3O4S/c1-28-17-6-5-15(21)12-18(17)30(26,27)25-9-7-13(8-10-25)19-23-20(29-24-19)14-3-2-4-16(22)11-14/h2-6,11-13H,7-10H2,1H3. The maximum absolute atomic E-state index is 13.4. The molecule has 30 heavy (non-hydrogen) atoms. The third kappa shape index (κ3) is 4.05. The zero-order valence-corrected chi connectivity index (χ0v) is 17.7. The molecule has 7 nitrogen and oxygen atoms in total. The molecule has 0 saturated carbocycles. The largest absolute Gasteiger partial charge is 0.495 e. The number of rotatable bonds is 5. The van der Waals surface area contributed by atoms with Crippen molar-refractivity contribution < 1.29 is 22.1 Å². The SMILES string of the molecule is COc1ccc(Cl)cc1S(=O)(=O)N1CCC(c2noc(-c3cccc(F)c3)n2)CC1. The Morgan fingerprint density at radius 1 is 1.20 bits per heavy atom. The van der Waals surface area contributed by atoms with Gasteiger partial charge >= 0.3 is 0 Å². The van der Waals surface area contributed by atoms with E-state index in [1.54, 1.807) is 18.2 Å². The van der Waals surface area contributed by atoms with Gasteiger partial charge in [-0.25, -0.2) is 12.8 Å². The number of ether oxygens (including phenoxy) is 1. The van der Waals surface area contributed by atoms with E-state index in [4.69, 9.17) is 20.9 Å². The first-order valence-electron chi connectivity index (χ1n) is 9.31. The predicted molar refractivity (Wildman–Crippen MR) is 108 cm³/mol. The van der Waals surface area contributed by atoms with Gasteiger partial charge in [-0.2, -0.15) is 9.29 Å². The van der Waals surface area contributed by atoms with Crippen molar-refractivity contribution in [3.63, 3.8) is 0 Å². The van der Waals surface area contributed by atoms with Gasteiger partial charge in [-0.1, -0.05) is 22.8 Å². The molecule has 0 atom stereocenters. The first-order chi connectivity index (χ1) is 14.4. The average Bonchev–Trinajstić information content (AvgIpc) is 3.24. The van der Waals surface area contributed by atoms with Crippen LogP contribution in [0.15, 0.2) is 51.9 Å². The van der Waals surface area contributed by atoms with Gasteiger partial charge in [0.25, 0.3) is 5.89 Å². The Balaban J connectivity index is 1.49. The molecule has 1 saturated heterocycles. The number of hydrogen-bond donors (Lipinski definition) is 0. The quantitative estimate of drug-likeness (QED) is 0.580. The molecule has 0 amide bonds. The summed E-state index contributed by atoms with van der Waals surface area (Å²) in [6.07, 6.45) is 1.06. The van der Waals surface area contributed by atoms with E-state index >= 15 is 0 Å². The second-order valence-corrected chi connectivity index (χ2v) is 9.28. The number of aromatic nitrogens is 2. The third-order valence-electron chi connectivity index (χ3n) is 5.08. The van der Waals surface area contributed by atoms with E-state index in [1.807, 2.05) is 0 Å². The van der Waals surface area contributed by atoms with Crippen LogP contribution in [0.4, 0.5) is 4.39 Å². The fourth-order valence-corrected chi connectivity index (χ4v) is 5.37. The topological polar surface area (TPSA) is 85.5 Å². The van der Waals surface area contributed by atoms with Gasteiger partial charge in [0.2, 0.25) is 10.0 Å². The summed E-state index contributed by atoms with van der Waals surface area (Å²) in [6, 6.07) is 10.4. The fourth-order valence-electron chi connectivity index (χ4n) is 3.49. The molecule has 158 valence electrons. The highest BCUT2D eigenvalue weighted by atomic mass is 35.5. The summed E-state index contributed by atoms with van der Waals surface area (Å²) in [5, 5.41) is 4.34. The van der Waals surface area contributed by atoms with Crippen molar-refractivity contribution in [1.82, 2.24) is 14.4 Å². The summed E-state index contributed by atoms with van der Waals surface area (Å²) in [7, 11) is -2.34. The molecule has 0 N–H and O–H groups in total. The molecule has 1 aliphatic rings. The molecular formula is C20H19ClFN3O4S. The van der Waals surface area contributed by atoms with Gasteiger partial charge in [0.15, 0.2) is 5.82 Å². The maximum Gasteiger partial charge on any atom is 0.258 e. The van der Waals surface area contributed by atoms with Crippen molar-refractivity contribution in [2.45, 2.75) is 23.7 Å². The molecule has 1 fully saturated rings. The van der Waals surface area contributed by atoms with Gasteiger partial charge in [0, 0.05) is 29.6 Å². The van der Waals surface area contributed by atoms with E-state index in [2.05, 4.69) is 10.1 Å². The van der Waals surface area contributed by atoms with Crippen LogP contribution in [0, 0.1) is 5.82 Å². The first-order valence-corrected chi connectivity index (χ1v) is 11.1. The lowest BCUT2D eigenvalue weighted by Gasteiger charge is -2.30. The highest BCUT2D eigenvalue weighted by Gasteiger charge is 2.33. The Bertz CT molecular complexity index is 1160. The van der Waals surface area contributed by atoms with Crippen LogP contribution in [0.3, 0.4) is 0 Å². The molecule has 1 aliphatic heterocycles. The van der Waals surface area contributed by atoms with Crippen molar-refractivity contribution in [3.8, 4) is 17.2 Å². The number of halogens is 2. The Morgan fingerprint density at radius 3 is 2.67 bits per heavy atom. The Morgan fingerprint density at radius 2 is 1.97 bits per heavy atom. The van der Waals surface area contributed by atoms with E-state index in [-0.39, 0.29) is 28.3 Å². The molecule has 10 heteroatoms. The summed E-state index contributed by atoms with van der Waals surface area (Å²) in [6.45, 7) is 0.596. The normalized spacial score (nSPS) is 16.0. The summed E-state index contributed by atoms with van der Waals surface area (Å²) >= 11 is 6.00. The molecule has 0 aliphatic carbocycles. The van der Waals surface area contributed by atoms with Crippen LogP contribution in [-0.4, -0.2) is 43.1 Å². The average molecular weight is 452 g/mol. The van der Waals surface area contributed by atoms with Gasteiger partial charge in [-0.15, -0.1) is 0 Å². The van der Waals surface area contributed by atoms with Crippen molar-refractivity contribution in [2.75, 3.05) is 20.2 Å². The highest BCUT2D eigenvalue weighted by Crippen LogP contribution is 2.34. The van der Waals surface area contributed by atoms with E-state index in [0.29, 0.717) is 42.3 Å². The van der Waals surface area contributed by atoms with Crippen molar-refractivity contribution in [3.05, 3.63) is 59.1 Å². The number of nitrogens with zero attached hydrogens (tertiary/aromatic N) is 3. The second-order valence-electron chi connectivity index (χ2n) is 6.94. The van der Waals surface area contributed by atoms with Gasteiger partial charge in [0.1, 0.15) is 16.5 Å². The smallest absolute Gasteiger partial charge is 0.258 e. The maximum atomic E-state index is 13.4. The summed E-state index contributed by atoms with van der Waals surface area (Å²) in [4.78, 5) is 4.43. The minimum Gasteiger partial charge on any atom is -0.495 e. The van der Waals surface area contributed by atoms with Crippen LogP contribution in [0.1, 0.15) is 24.6 Å². The number of methoxy groups -OCH3 is 1. The lowest BCUT2D eigenvalue weighted by molar-refractivity contribution is 0.305. The van der Waals surface area contributed by atoms with E-state index in [1.165, 1.54) is 35.7 Å². The minimum absolute atomic E-state index is 0.0453. The Labute approximate surface area is 178 Å². The molecular weight excluding hydrogens is 433 g/mol. The summed E-state index contributed by atoms with van der Waals surface area (Å²) < 4.78 is 51.5. The van der Waals surface area contributed by atoms with Crippen LogP contribution in [0.2, 0.25) is 5.02 Å². The lowest BCUT2D eigenvalue weighted by Crippen LogP contribution is -2.38. The number of hydrogen-bond acceptors (Lipinski definition) is 6. The van der Waals surface area contributed by atoms with Crippen molar-refractivity contribution >= 4 is 21.6 Å². The van der Waals surface area contributed by atoms with E-state index < -0.39 is 10.0 Å². The molecule has 3 aromatic rings. The van der Waals surface area contributed by atoms with Gasteiger partial charge < -0.3 is 9.26 Å². The number of sulfonamides is 1. The van der Waals surface area contributed by atoms with Crippen LogP contribution >= 0.6 is 11.6 Å². The van der Waals surface area contributed by atoms with E-state index in [9.17, 15) is 12.8 Å². The number of piperidine rings is 1. The Hall–Kier alpha value is -2.49. The number of benzene rings is 2. The fraction of sp³-hybridized carbons (Fsp3) is 0.300. The molecule has 4 rings (SSSR count). The minimum atomic E-state index is -3.76. The third-order valence-corrected chi connectivity index (χ3v) is 7.23. The summed E-state index contributed by atoms with van der Waals surface area (Å²) in [5.41, 5.74) is 0.502. The zero-order valence-electron chi connectivity index (χ0n) is 16.1. The second kappa shape index (κ2) is 8.33. The predicted octanol–water partition coefficient (Wildman–Crippen LogP) is 4.11. The zero-order chi connectivity index (χ0) is 21.3. The molecule has 0 spiro atoms. The molecule has 0 radical (unpaired) electrons. The van der Waals surface area contributed by atoms with Crippen LogP contribution in [0.25, 0.3) is 11.5 Å². The van der Waals surface area contributed by atoms with Crippen LogP contribution in [-0.2, 0) is 10.0 Å². The Kier molecular flexibility index (Phi) is 5.77. The van der Waals surface area contributed by atoms with Crippen molar-refractivity contribution in [1.29, 1.82) is 0 Å². The van der Waals surface area contributed by atoms with E-state index in [0.717, 1.165) is 0 Å². The highest BCUT2D eigenvalue weighted by molar-refractivity contribution is 7.89. The van der Waals surface area contributed by atoms with Crippen LogP contribution < -0.4 is 4.74 Å². The summed E-state index contributed by atoms with van der Waals surface area (Å²) in [5.74, 6) is 0.542. The van der Waals surface area contributed by atoms with Gasteiger partial charge in [-0.3, -0.25) is 0 Å². The molecule has 0 bridgehead atoms. The van der Waals surface area contributed by atoms with Gasteiger partial charge in [0.05, 0.1) is 7.11 Å². The van der Waals surface area contributed by atoms with Gasteiger partial charge in [-0.05, 0) is 49.2 Å². The molecule has 0 unspecified atom stereocenters. The molecule has 2 heterocycles.